The Bertz CT molecular complexity index is 3120. The van der Waals surface area contributed by atoms with E-state index in [-0.39, 0.29) is 0 Å². The smallest absolute Gasteiger partial charge is 0.221 e. The molecule has 11 rings (SSSR count). The first-order valence-electron chi connectivity index (χ1n) is 17.4. The van der Waals surface area contributed by atoms with E-state index in [4.69, 9.17) is 19.9 Å². The van der Waals surface area contributed by atoms with Crippen LogP contribution in [0.4, 0.5) is 0 Å². The molecule has 0 bridgehead atoms. The summed E-state index contributed by atoms with van der Waals surface area (Å²) in [6.07, 6.45) is 0. The number of para-hydroxylation sites is 3. The second kappa shape index (κ2) is 11.2. The van der Waals surface area contributed by atoms with Crippen molar-refractivity contribution in [3.63, 3.8) is 0 Å². The number of rotatable bonds is 4. The van der Waals surface area contributed by atoms with Crippen molar-refractivity contribution in [3.8, 4) is 39.9 Å². The van der Waals surface area contributed by atoms with Crippen LogP contribution in [0.15, 0.2) is 170 Å². The van der Waals surface area contributed by atoms with Gasteiger partial charge < -0.3 is 0 Å². The molecule has 4 aromatic heterocycles. The van der Waals surface area contributed by atoms with Gasteiger partial charge in [-0.05, 0) is 59.3 Å². The molecule has 0 atom stereocenters. The fourth-order valence-corrected chi connectivity index (χ4v) is 7.71. The Morgan fingerprint density at radius 1 is 0.385 bits per heavy atom. The molecule has 0 amide bonds. The summed E-state index contributed by atoms with van der Waals surface area (Å²) in [6.45, 7) is 0. The third-order valence-electron chi connectivity index (χ3n) is 10.1. The molecule has 52 heavy (non-hydrogen) atoms. The summed E-state index contributed by atoms with van der Waals surface area (Å²) < 4.78 is 4.52. The largest absolute Gasteiger partial charge is 0.279 e. The fraction of sp³-hybridized carbons (Fsp3) is 0. The van der Waals surface area contributed by atoms with Gasteiger partial charge in [0.05, 0.1) is 39.0 Å². The van der Waals surface area contributed by atoms with Gasteiger partial charge in [-0.15, -0.1) is 0 Å². The van der Waals surface area contributed by atoms with Crippen LogP contribution in [0.25, 0.3) is 100 Å². The van der Waals surface area contributed by atoms with Crippen molar-refractivity contribution >= 4 is 60.2 Å². The summed E-state index contributed by atoms with van der Waals surface area (Å²) in [5, 5.41) is 5.68. The van der Waals surface area contributed by atoms with E-state index in [1.54, 1.807) is 0 Å². The third-order valence-corrected chi connectivity index (χ3v) is 10.1. The van der Waals surface area contributed by atoms with Gasteiger partial charge in [0, 0.05) is 32.8 Å². The van der Waals surface area contributed by atoms with E-state index in [9.17, 15) is 0 Å². The average molecular weight is 665 g/mol. The summed E-state index contributed by atoms with van der Waals surface area (Å²) in [5.41, 5.74) is 10.6. The monoisotopic (exact) mass is 664 g/mol. The number of nitrogens with zero attached hydrogens (tertiary/aromatic N) is 6. The highest BCUT2D eigenvalue weighted by molar-refractivity contribution is 6.22. The van der Waals surface area contributed by atoms with E-state index in [0.717, 1.165) is 78.0 Å². The standard InChI is InChI=1S/C46H28N6/c1-3-14-30(15-4-1)38-28-39(48-44(47-38)31-16-5-2-6-17-31)32-24-25-40-35(27-32)43-33-18-8-7-13-29(33)23-26-42(43)51(40)46-50-36-20-10-9-19-34(36)45-49-37-21-11-12-22-41(37)52(45)46/h1-28H. The van der Waals surface area contributed by atoms with Crippen molar-refractivity contribution in [2.24, 2.45) is 0 Å². The van der Waals surface area contributed by atoms with Gasteiger partial charge in [-0.25, -0.2) is 19.9 Å². The molecular weight excluding hydrogens is 637 g/mol. The van der Waals surface area contributed by atoms with E-state index in [0.29, 0.717) is 5.82 Å². The van der Waals surface area contributed by atoms with Crippen molar-refractivity contribution in [2.75, 3.05) is 0 Å². The van der Waals surface area contributed by atoms with E-state index in [1.165, 1.54) is 16.2 Å². The maximum atomic E-state index is 5.38. The summed E-state index contributed by atoms with van der Waals surface area (Å²) in [5.74, 6) is 1.49. The molecule has 0 N–H and O–H groups in total. The van der Waals surface area contributed by atoms with Gasteiger partial charge in [0.15, 0.2) is 5.82 Å². The van der Waals surface area contributed by atoms with Crippen LogP contribution in [0, 0.1) is 0 Å². The summed E-state index contributed by atoms with van der Waals surface area (Å²) >= 11 is 0. The number of benzene rings is 7. The van der Waals surface area contributed by atoms with Gasteiger partial charge in [0.2, 0.25) is 5.95 Å². The lowest BCUT2D eigenvalue weighted by Crippen LogP contribution is -2.06. The molecule has 0 fully saturated rings. The highest BCUT2D eigenvalue weighted by Gasteiger charge is 2.22. The zero-order valence-corrected chi connectivity index (χ0v) is 27.8. The summed E-state index contributed by atoms with van der Waals surface area (Å²) in [6, 6.07) is 58.9. The molecule has 0 saturated heterocycles. The second-order valence-electron chi connectivity index (χ2n) is 13.1. The van der Waals surface area contributed by atoms with E-state index < -0.39 is 0 Å². The first kappa shape index (κ1) is 28.6. The number of fused-ring (bicyclic) bond motifs is 10. The van der Waals surface area contributed by atoms with Crippen LogP contribution in [0.2, 0.25) is 0 Å². The highest BCUT2D eigenvalue weighted by atomic mass is 15.2. The molecule has 0 aliphatic rings. The van der Waals surface area contributed by atoms with Gasteiger partial charge in [-0.3, -0.25) is 8.97 Å². The van der Waals surface area contributed by atoms with Crippen LogP contribution >= 0.6 is 0 Å². The lowest BCUT2D eigenvalue weighted by atomic mass is 10.0. The van der Waals surface area contributed by atoms with Gasteiger partial charge in [-0.2, -0.15) is 0 Å². The van der Waals surface area contributed by atoms with Crippen molar-refractivity contribution in [1.82, 2.24) is 28.9 Å². The molecule has 0 radical (unpaired) electrons. The molecule has 6 nitrogen and oxygen atoms in total. The quantitative estimate of drug-likeness (QED) is 0.188. The minimum absolute atomic E-state index is 0.694. The Kier molecular flexibility index (Phi) is 6.15. The molecule has 4 heterocycles. The maximum Gasteiger partial charge on any atom is 0.221 e. The molecule has 242 valence electrons. The molecule has 0 unspecified atom stereocenters. The Morgan fingerprint density at radius 2 is 1.04 bits per heavy atom. The highest BCUT2D eigenvalue weighted by Crippen LogP contribution is 2.40. The summed E-state index contributed by atoms with van der Waals surface area (Å²) in [4.78, 5) is 20.7. The molecule has 0 spiro atoms. The molecule has 11 aromatic rings. The minimum atomic E-state index is 0.694. The summed E-state index contributed by atoms with van der Waals surface area (Å²) in [7, 11) is 0. The Morgan fingerprint density at radius 3 is 1.87 bits per heavy atom. The van der Waals surface area contributed by atoms with Crippen molar-refractivity contribution in [3.05, 3.63) is 170 Å². The average Bonchev–Trinajstić information content (AvgIpc) is 3.78. The van der Waals surface area contributed by atoms with E-state index in [1.807, 2.05) is 48.5 Å². The van der Waals surface area contributed by atoms with E-state index in [2.05, 4.69) is 130 Å². The normalized spacial score (nSPS) is 11.8. The van der Waals surface area contributed by atoms with Crippen molar-refractivity contribution < 1.29 is 0 Å². The maximum absolute atomic E-state index is 5.38. The Balaban J connectivity index is 1.24. The number of aromatic nitrogens is 6. The minimum Gasteiger partial charge on any atom is -0.279 e. The van der Waals surface area contributed by atoms with Gasteiger partial charge in [0.1, 0.15) is 5.65 Å². The third kappa shape index (κ3) is 4.31. The predicted molar refractivity (Wildman–Crippen MR) is 212 cm³/mol. The molecule has 6 heteroatoms. The number of imidazole rings is 1. The van der Waals surface area contributed by atoms with Gasteiger partial charge >= 0.3 is 0 Å². The molecule has 0 aliphatic carbocycles. The SMILES string of the molecule is c1ccc(-c2cc(-c3ccc4c(c3)c3c5ccccc5ccc3n4-c3nc4ccccc4c4nc5ccccc5n34)nc(-c3ccccc3)n2)cc1. The van der Waals surface area contributed by atoms with Gasteiger partial charge in [0.25, 0.3) is 0 Å². The van der Waals surface area contributed by atoms with Crippen LogP contribution in [0.3, 0.4) is 0 Å². The van der Waals surface area contributed by atoms with Crippen LogP contribution in [-0.4, -0.2) is 28.9 Å². The zero-order valence-electron chi connectivity index (χ0n) is 27.8. The topological polar surface area (TPSA) is 60.9 Å². The van der Waals surface area contributed by atoms with Crippen LogP contribution < -0.4 is 0 Å². The van der Waals surface area contributed by atoms with Crippen molar-refractivity contribution in [2.45, 2.75) is 0 Å². The molecule has 0 saturated carbocycles. The van der Waals surface area contributed by atoms with Crippen molar-refractivity contribution in [1.29, 1.82) is 0 Å². The first-order valence-corrected chi connectivity index (χ1v) is 17.4. The number of hydrogen-bond acceptors (Lipinski definition) is 4. The van der Waals surface area contributed by atoms with Crippen LogP contribution in [0.5, 0.6) is 0 Å². The number of hydrogen-bond donors (Lipinski definition) is 0. The Labute approximate surface area is 297 Å². The predicted octanol–water partition coefficient (Wildman–Crippen LogP) is 11.1. The van der Waals surface area contributed by atoms with Gasteiger partial charge in [-0.1, -0.05) is 121 Å². The van der Waals surface area contributed by atoms with E-state index >= 15 is 0 Å². The van der Waals surface area contributed by atoms with Crippen LogP contribution in [-0.2, 0) is 0 Å². The fourth-order valence-electron chi connectivity index (χ4n) is 7.71. The second-order valence-corrected chi connectivity index (χ2v) is 13.1. The first-order chi connectivity index (χ1) is 25.8. The Hall–Kier alpha value is -7.18. The molecule has 0 aliphatic heterocycles. The molecular formula is C46H28N6. The lowest BCUT2D eigenvalue weighted by molar-refractivity contribution is 0.980. The molecule has 7 aromatic carbocycles. The lowest BCUT2D eigenvalue weighted by Gasteiger charge is -2.13. The zero-order chi connectivity index (χ0) is 34.2. The van der Waals surface area contributed by atoms with Crippen LogP contribution in [0.1, 0.15) is 0 Å².